The van der Waals surface area contributed by atoms with Gasteiger partial charge in [-0.2, -0.15) is 0 Å². The molecule has 4 amide bonds. The van der Waals surface area contributed by atoms with Gasteiger partial charge in [0, 0.05) is 82.2 Å². The molecule has 3 saturated heterocycles. The van der Waals surface area contributed by atoms with Crippen LogP contribution >= 0.6 is 0 Å². The molecule has 1 saturated carbocycles. The molecular weight excluding hydrogens is 675 g/mol. The fraction of sp³-hybridized carbons (Fsp3) is 0.575. The Morgan fingerprint density at radius 1 is 0.736 bits per heavy atom. The Morgan fingerprint density at radius 3 is 2.02 bits per heavy atom. The normalized spacial score (nSPS) is 20.3. The van der Waals surface area contributed by atoms with Gasteiger partial charge in [0.15, 0.2) is 0 Å². The Kier molecular flexibility index (Phi) is 12.9. The zero-order valence-electron chi connectivity index (χ0n) is 30.8. The molecule has 0 unspecified atom stereocenters. The lowest BCUT2D eigenvalue weighted by molar-refractivity contribution is -0.136. The van der Waals surface area contributed by atoms with Crippen molar-refractivity contribution < 1.29 is 23.6 Å². The maximum absolute atomic E-state index is 14.9. The van der Waals surface area contributed by atoms with Crippen molar-refractivity contribution in [1.82, 2.24) is 24.5 Å². The average molecular weight is 731 g/mol. The molecule has 0 bridgehead atoms. The van der Waals surface area contributed by atoms with Gasteiger partial charge in [-0.3, -0.25) is 29.0 Å². The molecule has 0 spiro atoms. The third-order valence-electron chi connectivity index (χ3n) is 11.8. The van der Waals surface area contributed by atoms with Gasteiger partial charge < -0.3 is 31.6 Å². The van der Waals surface area contributed by atoms with E-state index < -0.39 is 17.6 Å². The van der Waals surface area contributed by atoms with Crippen molar-refractivity contribution >= 4 is 29.3 Å². The van der Waals surface area contributed by atoms with E-state index in [1.807, 2.05) is 4.90 Å². The second-order valence-corrected chi connectivity index (χ2v) is 15.3. The number of nitrogens with one attached hydrogen (secondary N) is 1. The minimum atomic E-state index is -0.642. The summed E-state index contributed by atoms with van der Waals surface area (Å²) in [7, 11) is 0. The zero-order valence-corrected chi connectivity index (χ0v) is 30.8. The Morgan fingerprint density at radius 2 is 1.36 bits per heavy atom. The molecule has 4 aliphatic rings. The van der Waals surface area contributed by atoms with Crippen LogP contribution in [0.25, 0.3) is 0 Å². The van der Waals surface area contributed by atoms with E-state index in [1.165, 1.54) is 37.5 Å². The summed E-state index contributed by atoms with van der Waals surface area (Å²) >= 11 is 0. The minimum Gasteiger partial charge on any atom is -0.366 e. The number of hydrogen-bond donors (Lipinski definition) is 3. The molecule has 1 aliphatic carbocycles. The van der Waals surface area contributed by atoms with Crippen LogP contribution in [0.4, 0.5) is 4.39 Å². The highest BCUT2D eigenvalue weighted by atomic mass is 19.1. The molecule has 1 atom stereocenters. The number of likely N-dealkylation sites (tertiary alicyclic amines) is 1. The van der Waals surface area contributed by atoms with E-state index in [1.54, 1.807) is 34.1 Å². The number of carbonyl (C=O) groups is 4. The monoisotopic (exact) mass is 730 g/mol. The van der Waals surface area contributed by atoms with Crippen molar-refractivity contribution in [3.05, 3.63) is 70.5 Å². The first-order valence-electron chi connectivity index (χ1n) is 19.4. The maximum Gasteiger partial charge on any atom is 0.256 e. The highest BCUT2D eigenvalue weighted by Crippen LogP contribution is 2.27. The largest absolute Gasteiger partial charge is 0.366 e. The number of benzene rings is 2. The number of nitrogens with two attached hydrogens (primary N) is 2. The summed E-state index contributed by atoms with van der Waals surface area (Å²) in [6.45, 7) is 7.74. The van der Waals surface area contributed by atoms with E-state index in [0.717, 1.165) is 71.5 Å². The predicted octanol–water partition coefficient (Wildman–Crippen LogP) is 2.58. The third-order valence-corrected chi connectivity index (χ3v) is 11.8. The molecule has 2 aromatic carbocycles. The fourth-order valence-corrected chi connectivity index (χ4v) is 8.48. The van der Waals surface area contributed by atoms with Crippen LogP contribution in [0.3, 0.4) is 0 Å². The number of piperazine rings is 2. The first kappa shape index (κ1) is 38.5. The van der Waals surface area contributed by atoms with E-state index >= 15 is 0 Å². The summed E-state index contributed by atoms with van der Waals surface area (Å²) in [6.07, 6.45) is 7.92. The molecule has 0 aromatic heterocycles. The van der Waals surface area contributed by atoms with E-state index in [2.05, 4.69) is 9.80 Å². The topological polar surface area (TPSA) is 160 Å². The second kappa shape index (κ2) is 17.7. The van der Waals surface area contributed by atoms with Crippen molar-refractivity contribution in [3.63, 3.8) is 0 Å². The van der Waals surface area contributed by atoms with Crippen molar-refractivity contribution in [3.8, 4) is 0 Å². The molecule has 2 aromatic rings. The third kappa shape index (κ3) is 9.68. The lowest BCUT2D eigenvalue weighted by Gasteiger charge is -2.40. The standard InChI is InChI=1S/C40H55FN8O4/c41-34-11-10-29(25-35(42)31-8-4-5-9-32(31)38(44)51)24-33(34)39(52)48-22-20-47(21-23-48)36(50)27-45-14-12-28(13-15-45)26-46-16-18-49(19-17-46)40(53)37(43)30-6-2-1-3-7-30/h4-5,8-11,24,28,30,37,42H,1-3,6-7,12-23,25-27,43H2,(H2,44,51)/t37-/m1/s1. The van der Waals surface area contributed by atoms with E-state index in [9.17, 15) is 23.6 Å². The van der Waals surface area contributed by atoms with Crippen molar-refractivity contribution in [2.75, 3.05) is 78.5 Å². The van der Waals surface area contributed by atoms with E-state index in [4.69, 9.17) is 16.9 Å². The van der Waals surface area contributed by atoms with Gasteiger partial charge in [-0.15, -0.1) is 0 Å². The first-order chi connectivity index (χ1) is 25.6. The number of amides is 4. The van der Waals surface area contributed by atoms with Crippen LogP contribution in [0.1, 0.15) is 76.8 Å². The summed E-state index contributed by atoms with van der Waals surface area (Å²) in [5, 5.41) is 8.55. The van der Waals surface area contributed by atoms with Crippen LogP contribution in [-0.4, -0.2) is 138 Å². The molecular formula is C40H55FN8O4. The van der Waals surface area contributed by atoms with Crippen molar-refractivity contribution in [2.45, 2.75) is 57.4 Å². The smallest absolute Gasteiger partial charge is 0.256 e. The van der Waals surface area contributed by atoms with Gasteiger partial charge in [0.05, 0.1) is 18.2 Å². The highest BCUT2D eigenvalue weighted by Gasteiger charge is 2.33. The number of carbonyl (C=O) groups excluding carboxylic acids is 4. The summed E-state index contributed by atoms with van der Waals surface area (Å²) in [5.74, 6) is -0.649. The van der Waals surface area contributed by atoms with Crippen LogP contribution in [0.5, 0.6) is 0 Å². The van der Waals surface area contributed by atoms with Gasteiger partial charge in [0.25, 0.3) is 5.91 Å². The minimum absolute atomic E-state index is 0.0469. The van der Waals surface area contributed by atoms with E-state index in [0.29, 0.717) is 55.7 Å². The van der Waals surface area contributed by atoms with E-state index in [-0.39, 0.29) is 41.1 Å². The maximum atomic E-state index is 14.9. The Labute approximate surface area is 312 Å². The van der Waals surface area contributed by atoms with Gasteiger partial charge >= 0.3 is 0 Å². The molecule has 53 heavy (non-hydrogen) atoms. The van der Waals surface area contributed by atoms with Gasteiger partial charge in [-0.05, 0) is 74.4 Å². The fourth-order valence-electron chi connectivity index (χ4n) is 8.48. The molecule has 13 heteroatoms. The highest BCUT2D eigenvalue weighted by molar-refractivity contribution is 6.09. The molecule has 3 heterocycles. The molecule has 4 fully saturated rings. The molecule has 6 rings (SSSR count). The Bertz CT molecular complexity index is 1640. The van der Waals surface area contributed by atoms with Crippen LogP contribution in [0.15, 0.2) is 42.5 Å². The van der Waals surface area contributed by atoms with Gasteiger partial charge in [0.1, 0.15) is 5.82 Å². The van der Waals surface area contributed by atoms with Crippen LogP contribution in [0.2, 0.25) is 0 Å². The van der Waals surface area contributed by atoms with Crippen molar-refractivity contribution in [2.24, 2.45) is 23.3 Å². The van der Waals surface area contributed by atoms with Crippen LogP contribution in [0, 0.1) is 23.1 Å². The molecule has 5 N–H and O–H groups in total. The summed E-state index contributed by atoms with van der Waals surface area (Å²) in [5.41, 5.74) is 13.2. The lowest BCUT2D eigenvalue weighted by Crippen LogP contribution is -2.56. The zero-order chi connectivity index (χ0) is 37.5. The number of hydrogen-bond acceptors (Lipinski definition) is 8. The Hall–Kier alpha value is -4.20. The molecule has 286 valence electrons. The molecule has 12 nitrogen and oxygen atoms in total. The number of rotatable bonds is 11. The predicted molar refractivity (Wildman–Crippen MR) is 201 cm³/mol. The summed E-state index contributed by atoms with van der Waals surface area (Å²) < 4.78 is 14.9. The summed E-state index contributed by atoms with van der Waals surface area (Å²) in [4.78, 5) is 61.6. The van der Waals surface area contributed by atoms with Crippen LogP contribution < -0.4 is 11.5 Å². The average Bonchev–Trinajstić information content (AvgIpc) is 3.19. The summed E-state index contributed by atoms with van der Waals surface area (Å²) in [6, 6.07) is 10.5. The number of halogens is 1. The lowest BCUT2D eigenvalue weighted by atomic mass is 9.83. The van der Waals surface area contributed by atoms with Gasteiger partial charge in [-0.25, -0.2) is 4.39 Å². The van der Waals surface area contributed by atoms with Gasteiger partial charge in [0.2, 0.25) is 17.7 Å². The Balaban J connectivity index is 0.904. The number of piperidine rings is 1. The molecule has 3 aliphatic heterocycles. The first-order valence-corrected chi connectivity index (χ1v) is 19.4. The number of primary amides is 1. The van der Waals surface area contributed by atoms with Crippen molar-refractivity contribution in [1.29, 1.82) is 5.41 Å². The second-order valence-electron chi connectivity index (χ2n) is 15.3. The molecule has 0 radical (unpaired) electrons. The quantitative estimate of drug-likeness (QED) is 0.300. The number of nitrogens with zero attached hydrogens (tertiary/aromatic N) is 5. The van der Waals surface area contributed by atoms with Gasteiger partial charge in [-0.1, -0.05) is 43.5 Å². The van der Waals surface area contributed by atoms with Crippen LogP contribution in [-0.2, 0) is 16.0 Å². The SMILES string of the molecule is N=C(Cc1ccc(F)c(C(=O)N2CCN(C(=O)CN3CCC(CN4CCN(C(=O)[C@H](N)C5CCCCC5)CC4)CC3)CC2)c1)c1ccccc1C(N)=O.